The van der Waals surface area contributed by atoms with Gasteiger partial charge in [0, 0.05) is 11.3 Å². The number of hydrogen-bond donors (Lipinski definition) is 2. The summed E-state index contributed by atoms with van der Waals surface area (Å²) >= 11 is 0. The molecule has 2 heterocycles. The molecular formula is C26H17F2N7O. The maximum atomic E-state index is 13.9. The molecule has 2 aromatic heterocycles. The number of amides is 1. The molecule has 1 amide bonds. The van der Waals surface area contributed by atoms with Crippen LogP contribution in [0, 0.1) is 23.0 Å². The Kier molecular flexibility index (Phi) is 6.03. The molecule has 5 rings (SSSR count). The zero-order chi connectivity index (χ0) is 25.1. The smallest absolute Gasteiger partial charge is 0.247 e. The van der Waals surface area contributed by atoms with Crippen LogP contribution in [-0.2, 0) is 11.2 Å². The monoisotopic (exact) mass is 481 g/mol. The number of rotatable bonds is 6. The van der Waals surface area contributed by atoms with Crippen LogP contribution in [0.5, 0.6) is 0 Å². The molecule has 0 radical (unpaired) electrons. The minimum atomic E-state index is -0.634. The van der Waals surface area contributed by atoms with Crippen LogP contribution >= 0.6 is 0 Å². The second-order valence-corrected chi connectivity index (χ2v) is 7.84. The van der Waals surface area contributed by atoms with Crippen LogP contribution in [0.25, 0.3) is 16.9 Å². The maximum Gasteiger partial charge on any atom is 0.247 e. The zero-order valence-electron chi connectivity index (χ0n) is 18.6. The number of nitrogens with one attached hydrogen (secondary N) is 2. The molecular weight excluding hydrogens is 464 g/mol. The van der Waals surface area contributed by atoms with Crippen molar-refractivity contribution in [3.05, 3.63) is 102 Å². The van der Waals surface area contributed by atoms with Gasteiger partial charge in [-0.25, -0.2) is 13.3 Å². The van der Waals surface area contributed by atoms with Crippen molar-refractivity contribution in [2.45, 2.75) is 6.42 Å². The van der Waals surface area contributed by atoms with E-state index in [1.165, 1.54) is 28.8 Å². The molecule has 10 heteroatoms. The van der Waals surface area contributed by atoms with E-state index in [2.05, 4.69) is 25.7 Å². The normalized spacial score (nSPS) is 10.7. The molecule has 0 aliphatic heterocycles. The Labute approximate surface area is 203 Å². The highest BCUT2D eigenvalue weighted by Gasteiger charge is 2.12. The number of nitriles is 1. The molecule has 0 bridgehead atoms. The van der Waals surface area contributed by atoms with Gasteiger partial charge in [0.15, 0.2) is 5.65 Å². The van der Waals surface area contributed by atoms with Crippen LogP contribution < -0.4 is 10.6 Å². The lowest BCUT2D eigenvalue weighted by atomic mass is 10.1. The van der Waals surface area contributed by atoms with E-state index in [-0.39, 0.29) is 35.3 Å². The van der Waals surface area contributed by atoms with Crippen LogP contribution in [0.4, 0.5) is 26.1 Å². The number of halogens is 2. The van der Waals surface area contributed by atoms with Crippen molar-refractivity contribution in [2.75, 3.05) is 10.6 Å². The number of anilines is 3. The molecule has 0 fully saturated rings. The van der Waals surface area contributed by atoms with E-state index in [4.69, 9.17) is 0 Å². The standard InChI is InChI=1S/C26H17F2N7O/c27-18-8-4-16(5-9-18)12-25(36)31-19-10-6-17(7-11-19)23-15-35-24(14-30-23)33-26(34-35)32-22-3-1-2-21(28)20(22)13-29/h1-11,14-15H,12H2,(H,31,36)(H,32,34). The van der Waals surface area contributed by atoms with Gasteiger partial charge >= 0.3 is 0 Å². The number of nitrogens with zero attached hydrogens (tertiary/aromatic N) is 5. The van der Waals surface area contributed by atoms with Crippen molar-refractivity contribution in [2.24, 2.45) is 0 Å². The highest BCUT2D eigenvalue weighted by Crippen LogP contribution is 2.23. The molecule has 0 saturated heterocycles. The Balaban J connectivity index is 1.29. The third-order valence-corrected chi connectivity index (χ3v) is 5.34. The molecule has 8 nitrogen and oxygen atoms in total. The highest BCUT2D eigenvalue weighted by molar-refractivity contribution is 5.92. The summed E-state index contributed by atoms with van der Waals surface area (Å²) in [5.41, 5.74) is 3.33. The first-order valence-electron chi connectivity index (χ1n) is 10.8. The second-order valence-electron chi connectivity index (χ2n) is 7.84. The van der Waals surface area contributed by atoms with Gasteiger partial charge in [0.2, 0.25) is 11.9 Å². The van der Waals surface area contributed by atoms with E-state index >= 15 is 0 Å². The zero-order valence-corrected chi connectivity index (χ0v) is 18.6. The predicted octanol–water partition coefficient (Wildman–Crippen LogP) is 4.87. The lowest BCUT2D eigenvalue weighted by Gasteiger charge is -2.07. The summed E-state index contributed by atoms with van der Waals surface area (Å²) in [5, 5.41) is 19.2. The lowest BCUT2D eigenvalue weighted by molar-refractivity contribution is -0.115. The Morgan fingerprint density at radius 1 is 1.03 bits per heavy atom. The summed E-state index contributed by atoms with van der Waals surface area (Å²) in [6.07, 6.45) is 3.36. The van der Waals surface area contributed by atoms with E-state index in [1.54, 1.807) is 42.7 Å². The largest absolute Gasteiger partial charge is 0.326 e. The molecule has 0 saturated carbocycles. The van der Waals surface area contributed by atoms with Crippen LogP contribution in [0.1, 0.15) is 11.1 Å². The Morgan fingerprint density at radius 3 is 2.56 bits per heavy atom. The van der Waals surface area contributed by atoms with E-state index in [1.807, 2.05) is 18.2 Å². The van der Waals surface area contributed by atoms with Crippen molar-refractivity contribution in [1.29, 1.82) is 5.26 Å². The molecule has 0 unspecified atom stereocenters. The van der Waals surface area contributed by atoms with Gasteiger partial charge in [0.25, 0.3) is 0 Å². The first-order valence-corrected chi connectivity index (χ1v) is 10.8. The Hall–Kier alpha value is -5.17. The van der Waals surface area contributed by atoms with Gasteiger partial charge in [-0.15, -0.1) is 5.10 Å². The van der Waals surface area contributed by atoms with Crippen molar-refractivity contribution in [3.63, 3.8) is 0 Å². The van der Waals surface area contributed by atoms with Gasteiger partial charge in [0.05, 0.1) is 30.2 Å². The molecule has 0 aliphatic rings. The summed E-state index contributed by atoms with van der Waals surface area (Å²) < 4.78 is 28.4. The van der Waals surface area contributed by atoms with E-state index in [0.29, 0.717) is 22.6 Å². The quantitative estimate of drug-likeness (QED) is 0.358. The van der Waals surface area contributed by atoms with Gasteiger partial charge in [-0.3, -0.25) is 9.78 Å². The van der Waals surface area contributed by atoms with Gasteiger partial charge in [-0.2, -0.15) is 10.2 Å². The van der Waals surface area contributed by atoms with E-state index in [0.717, 1.165) is 5.56 Å². The van der Waals surface area contributed by atoms with E-state index in [9.17, 15) is 18.8 Å². The molecule has 0 aliphatic carbocycles. The molecule has 0 atom stereocenters. The first-order chi connectivity index (χ1) is 17.5. The van der Waals surface area contributed by atoms with Crippen LogP contribution in [0.15, 0.2) is 79.1 Å². The van der Waals surface area contributed by atoms with Gasteiger partial charge in [-0.05, 0) is 42.0 Å². The molecule has 3 aromatic carbocycles. The average Bonchev–Trinajstić information content (AvgIpc) is 3.27. The summed E-state index contributed by atoms with van der Waals surface area (Å²) in [7, 11) is 0. The summed E-state index contributed by atoms with van der Waals surface area (Å²) in [5.74, 6) is -1.00. The van der Waals surface area contributed by atoms with Gasteiger partial charge in [-0.1, -0.05) is 30.3 Å². The topological polar surface area (TPSA) is 108 Å². The van der Waals surface area contributed by atoms with E-state index < -0.39 is 5.82 Å². The molecule has 176 valence electrons. The Morgan fingerprint density at radius 2 is 1.81 bits per heavy atom. The summed E-state index contributed by atoms with van der Waals surface area (Å²) in [6, 6.07) is 19.0. The summed E-state index contributed by atoms with van der Waals surface area (Å²) in [6.45, 7) is 0. The minimum absolute atomic E-state index is 0.125. The van der Waals surface area contributed by atoms with Crippen molar-refractivity contribution in [3.8, 4) is 17.3 Å². The third kappa shape index (κ3) is 4.85. The number of carbonyl (C=O) groups is 1. The number of aromatic nitrogens is 4. The maximum absolute atomic E-state index is 13.9. The SMILES string of the molecule is N#Cc1c(F)cccc1Nc1nc2cnc(-c3ccc(NC(=O)Cc4ccc(F)cc4)cc3)cn2n1. The molecule has 2 N–H and O–H groups in total. The second kappa shape index (κ2) is 9.60. The van der Waals surface area contributed by atoms with Gasteiger partial charge in [0.1, 0.15) is 23.3 Å². The number of hydrogen-bond acceptors (Lipinski definition) is 6. The number of fused-ring (bicyclic) bond motifs is 1. The van der Waals surface area contributed by atoms with Crippen LogP contribution in [0.2, 0.25) is 0 Å². The first kappa shape index (κ1) is 22.6. The predicted molar refractivity (Wildman–Crippen MR) is 129 cm³/mol. The van der Waals surface area contributed by atoms with Crippen LogP contribution in [-0.4, -0.2) is 25.5 Å². The van der Waals surface area contributed by atoms with Gasteiger partial charge < -0.3 is 10.6 Å². The highest BCUT2D eigenvalue weighted by atomic mass is 19.1. The fourth-order valence-corrected chi connectivity index (χ4v) is 3.58. The fourth-order valence-electron chi connectivity index (χ4n) is 3.58. The average molecular weight is 481 g/mol. The molecule has 36 heavy (non-hydrogen) atoms. The van der Waals surface area contributed by atoms with Crippen molar-refractivity contribution in [1.82, 2.24) is 19.6 Å². The Bertz CT molecular complexity index is 1610. The van der Waals surface area contributed by atoms with Crippen molar-refractivity contribution >= 4 is 28.9 Å². The lowest BCUT2D eigenvalue weighted by Crippen LogP contribution is -2.14. The molecule has 5 aromatic rings. The number of benzene rings is 3. The minimum Gasteiger partial charge on any atom is -0.326 e. The fraction of sp³-hybridized carbons (Fsp3) is 0.0385. The van der Waals surface area contributed by atoms with Crippen molar-refractivity contribution < 1.29 is 13.6 Å². The third-order valence-electron chi connectivity index (χ3n) is 5.34. The van der Waals surface area contributed by atoms with Crippen LogP contribution in [0.3, 0.4) is 0 Å². The summed E-state index contributed by atoms with van der Waals surface area (Å²) in [4.78, 5) is 21.0. The number of carbonyl (C=O) groups excluding carboxylic acids is 1. The molecule has 0 spiro atoms.